The highest BCUT2D eigenvalue weighted by atomic mass is 16.5. The number of methoxy groups -OCH3 is 1. The molecular weight excluding hydrogens is 214 g/mol. The molecule has 0 aromatic heterocycles. The Morgan fingerprint density at radius 3 is 2.59 bits per heavy atom. The molecule has 0 heterocycles. The molecule has 0 bridgehead atoms. The molecule has 1 rings (SSSR count). The first-order valence-electron chi connectivity index (χ1n) is 5.34. The van der Waals surface area contributed by atoms with Crippen LogP contribution in [-0.4, -0.2) is 24.6 Å². The molecule has 1 aromatic rings. The van der Waals surface area contributed by atoms with Crippen LogP contribution < -0.4 is 0 Å². The maximum absolute atomic E-state index is 11.7. The van der Waals surface area contributed by atoms with Gasteiger partial charge in [0.05, 0.1) is 0 Å². The molecule has 0 aliphatic rings. The fourth-order valence-corrected chi connectivity index (χ4v) is 1.29. The minimum Gasteiger partial charge on any atom is -0.364 e. The van der Waals surface area contributed by atoms with E-state index < -0.39 is 0 Å². The predicted octanol–water partition coefficient (Wildman–Crippen LogP) is 2.67. The van der Waals surface area contributed by atoms with Gasteiger partial charge in [0, 0.05) is 18.9 Å². The summed E-state index contributed by atoms with van der Waals surface area (Å²) < 4.78 is 4.98. The van der Waals surface area contributed by atoms with Crippen LogP contribution in [0.4, 0.5) is 0 Å². The van der Waals surface area contributed by atoms with E-state index in [0.717, 1.165) is 5.56 Å². The maximum Gasteiger partial charge on any atom is 0.254 e. The van der Waals surface area contributed by atoms with Crippen LogP contribution in [0.15, 0.2) is 48.7 Å². The summed E-state index contributed by atoms with van der Waals surface area (Å²) in [5.74, 6) is -0.140. The van der Waals surface area contributed by atoms with Crippen LogP contribution in [-0.2, 0) is 9.53 Å². The highest BCUT2D eigenvalue weighted by Gasteiger charge is 2.10. The molecule has 90 valence electrons. The average Bonchev–Trinajstić information content (AvgIpc) is 2.34. The normalized spacial score (nSPS) is 10.5. The van der Waals surface area contributed by atoms with Crippen LogP contribution in [0, 0.1) is 0 Å². The van der Waals surface area contributed by atoms with E-state index in [4.69, 9.17) is 4.74 Å². The van der Waals surface area contributed by atoms with Gasteiger partial charge < -0.3 is 4.74 Å². The molecule has 1 amide bonds. The maximum atomic E-state index is 11.7. The molecule has 0 radical (unpaired) electrons. The smallest absolute Gasteiger partial charge is 0.254 e. The molecule has 0 spiro atoms. The van der Waals surface area contributed by atoms with Crippen molar-refractivity contribution in [2.45, 2.75) is 6.92 Å². The van der Waals surface area contributed by atoms with E-state index in [9.17, 15) is 4.79 Å². The fourth-order valence-electron chi connectivity index (χ4n) is 1.29. The Labute approximate surface area is 102 Å². The zero-order valence-corrected chi connectivity index (χ0v) is 10.2. The summed E-state index contributed by atoms with van der Waals surface area (Å²) in [6, 6.07) is 9.77. The standard InChI is InChI=1S/C14H17NO2/c1-12(2)14(16)15(11-17-3)10-9-13-7-5-4-6-8-13/h4-10H,1,11H2,2-3H3. The number of benzene rings is 1. The van der Waals surface area contributed by atoms with Crippen LogP contribution in [0.25, 0.3) is 6.08 Å². The van der Waals surface area contributed by atoms with Gasteiger partial charge in [-0.3, -0.25) is 9.69 Å². The van der Waals surface area contributed by atoms with Gasteiger partial charge in [0.15, 0.2) is 0 Å². The number of ether oxygens (including phenoxy) is 1. The monoisotopic (exact) mass is 231 g/mol. The average molecular weight is 231 g/mol. The summed E-state index contributed by atoms with van der Waals surface area (Å²) in [6.07, 6.45) is 3.57. The Bertz CT molecular complexity index is 409. The topological polar surface area (TPSA) is 29.5 Å². The highest BCUT2D eigenvalue weighted by molar-refractivity contribution is 5.93. The Hall–Kier alpha value is -1.87. The van der Waals surface area contributed by atoms with Crippen LogP contribution in [0.5, 0.6) is 0 Å². The Balaban J connectivity index is 2.76. The number of nitrogens with zero attached hydrogens (tertiary/aromatic N) is 1. The molecule has 3 heteroatoms. The van der Waals surface area contributed by atoms with E-state index in [2.05, 4.69) is 6.58 Å². The Kier molecular flexibility index (Phi) is 5.17. The molecule has 0 saturated carbocycles. The van der Waals surface area contributed by atoms with Crippen molar-refractivity contribution in [3.05, 3.63) is 54.2 Å². The SMILES string of the molecule is C=C(C)C(=O)N(C=Cc1ccccc1)COC. The van der Waals surface area contributed by atoms with Crippen molar-refractivity contribution in [1.82, 2.24) is 4.90 Å². The third-order valence-electron chi connectivity index (χ3n) is 2.14. The van der Waals surface area contributed by atoms with Gasteiger partial charge in [-0.2, -0.15) is 0 Å². The van der Waals surface area contributed by atoms with Crippen molar-refractivity contribution < 1.29 is 9.53 Å². The molecule has 17 heavy (non-hydrogen) atoms. The Morgan fingerprint density at radius 1 is 1.41 bits per heavy atom. The van der Waals surface area contributed by atoms with Crippen molar-refractivity contribution >= 4 is 12.0 Å². The highest BCUT2D eigenvalue weighted by Crippen LogP contribution is 2.05. The van der Waals surface area contributed by atoms with Crippen LogP contribution in [0.1, 0.15) is 12.5 Å². The van der Waals surface area contributed by atoms with E-state index in [1.807, 2.05) is 36.4 Å². The summed E-state index contributed by atoms with van der Waals surface area (Å²) in [7, 11) is 1.55. The lowest BCUT2D eigenvalue weighted by molar-refractivity contribution is -0.128. The van der Waals surface area contributed by atoms with Crippen molar-refractivity contribution in [1.29, 1.82) is 0 Å². The van der Waals surface area contributed by atoms with Crippen LogP contribution in [0.3, 0.4) is 0 Å². The first-order chi connectivity index (χ1) is 8.15. The number of amides is 1. The molecule has 0 aliphatic heterocycles. The lowest BCUT2D eigenvalue weighted by atomic mass is 10.2. The van der Waals surface area contributed by atoms with Crippen molar-refractivity contribution in [2.75, 3.05) is 13.8 Å². The molecule has 0 saturated heterocycles. The van der Waals surface area contributed by atoms with E-state index in [1.54, 1.807) is 20.2 Å². The number of hydrogen-bond donors (Lipinski definition) is 0. The second kappa shape index (κ2) is 6.66. The first kappa shape index (κ1) is 13.2. The molecule has 0 aliphatic carbocycles. The van der Waals surface area contributed by atoms with Crippen molar-refractivity contribution in [3.63, 3.8) is 0 Å². The van der Waals surface area contributed by atoms with E-state index in [1.165, 1.54) is 4.90 Å². The van der Waals surface area contributed by atoms with E-state index in [-0.39, 0.29) is 12.6 Å². The minimum absolute atomic E-state index is 0.140. The van der Waals surface area contributed by atoms with Gasteiger partial charge >= 0.3 is 0 Å². The third kappa shape index (κ3) is 4.25. The summed E-state index contributed by atoms with van der Waals surface area (Å²) in [4.78, 5) is 13.2. The summed E-state index contributed by atoms with van der Waals surface area (Å²) >= 11 is 0. The van der Waals surface area contributed by atoms with Gasteiger partial charge in [-0.25, -0.2) is 0 Å². The second-order valence-corrected chi connectivity index (χ2v) is 3.70. The van der Waals surface area contributed by atoms with Crippen molar-refractivity contribution in [3.8, 4) is 0 Å². The summed E-state index contributed by atoms with van der Waals surface area (Å²) in [5.41, 5.74) is 1.52. The van der Waals surface area contributed by atoms with E-state index >= 15 is 0 Å². The van der Waals surface area contributed by atoms with Gasteiger partial charge in [-0.15, -0.1) is 0 Å². The number of rotatable bonds is 5. The summed E-state index contributed by atoms with van der Waals surface area (Å²) in [6.45, 7) is 5.53. The third-order valence-corrected chi connectivity index (χ3v) is 2.14. The van der Waals surface area contributed by atoms with Gasteiger partial charge in [0.2, 0.25) is 0 Å². The lowest BCUT2D eigenvalue weighted by Crippen LogP contribution is -2.27. The molecule has 0 atom stereocenters. The molecule has 0 unspecified atom stereocenters. The quantitative estimate of drug-likeness (QED) is 0.576. The molecular formula is C14H17NO2. The van der Waals surface area contributed by atoms with Crippen molar-refractivity contribution in [2.24, 2.45) is 0 Å². The summed E-state index contributed by atoms with van der Waals surface area (Å²) in [5, 5.41) is 0. The van der Waals surface area contributed by atoms with Gasteiger partial charge in [0.1, 0.15) is 6.73 Å². The molecule has 0 N–H and O–H groups in total. The lowest BCUT2D eigenvalue weighted by Gasteiger charge is -2.17. The predicted molar refractivity (Wildman–Crippen MR) is 69.0 cm³/mol. The van der Waals surface area contributed by atoms with Gasteiger partial charge in [0.25, 0.3) is 5.91 Å². The number of hydrogen-bond acceptors (Lipinski definition) is 2. The molecule has 1 aromatic carbocycles. The zero-order chi connectivity index (χ0) is 12.7. The molecule has 0 fully saturated rings. The minimum atomic E-state index is -0.140. The second-order valence-electron chi connectivity index (χ2n) is 3.70. The largest absolute Gasteiger partial charge is 0.364 e. The van der Waals surface area contributed by atoms with E-state index in [0.29, 0.717) is 5.57 Å². The first-order valence-corrected chi connectivity index (χ1v) is 5.34. The van der Waals surface area contributed by atoms with Crippen LogP contribution in [0.2, 0.25) is 0 Å². The fraction of sp³-hybridized carbons (Fsp3) is 0.214. The van der Waals surface area contributed by atoms with Crippen LogP contribution >= 0.6 is 0 Å². The zero-order valence-electron chi connectivity index (χ0n) is 10.2. The number of carbonyl (C=O) groups is 1. The number of carbonyl (C=O) groups excluding carboxylic acids is 1. The van der Waals surface area contributed by atoms with Gasteiger partial charge in [-0.1, -0.05) is 36.9 Å². The van der Waals surface area contributed by atoms with Gasteiger partial charge in [-0.05, 0) is 18.6 Å². The molecule has 3 nitrogen and oxygen atoms in total. The Morgan fingerprint density at radius 2 is 2.06 bits per heavy atom.